The molecule has 1 fully saturated rings. The van der Waals surface area contributed by atoms with E-state index in [9.17, 15) is 4.79 Å². The topological polar surface area (TPSA) is 58.4 Å². The number of nitrogens with zero attached hydrogens (tertiary/aromatic N) is 1. The van der Waals surface area contributed by atoms with E-state index >= 15 is 0 Å². The number of carbonyl (C=O) groups excluding carboxylic acids is 1. The van der Waals surface area contributed by atoms with Gasteiger partial charge in [-0.1, -0.05) is 30.7 Å². The molecule has 1 saturated heterocycles. The van der Waals surface area contributed by atoms with Crippen LogP contribution in [-0.4, -0.2) is 37.0 Å². The molecule has 1 aliphatic heterocycles. The van der Waals surface area contributed by atoms with Gasteiger partial charge in [-0.3, -0.25) is 9.69 Å². The van der Waals surface area contributed by atoms with Crippen LogP contribution in [-0.2, 0) is 4.79 Å². The van der Waals surface area contributed by atoms with Crippen LogP contribution in [0.25, 0.3) is 0 Å². The van der Waals surface area contributed by atoms with Gasteiger partial charge in [0.2, 0.25) is 5.91 Å². The second-order valence-corrected chi connectivity index (χ2v) is 6.13. The van der Waals surface area contributed by atoms with Gasteiger partial charge in [-0.15, -0.1) is 24.8 Å². The molecule has 1 aromatic rings. The first-order valence-corrected chi connectivity index (χ1v) is 7.97. The van der Waals surface area contributed by atoms with E-state index < -0.39 is 0 Å². The molecule has 0 saturated carbocycles. The lowest BCUT2D eigenvalue weighted by Gasteiger charge is -2.28. The molecule has 132 valence electrons. The van der Waals surface area contributed by atoms with E-state index in [0.29, 0.717) is 13.1 Å². The molecule has 7 heteroatoms. The quantitative estimate of drug-likeness (QED) is 0.795. The van der Waals surface area contributed by atoms with Crippen LogP contribution in [0.15, 0.2) is 24.3 Å². The average Bonchev–Trinajstić information content (AvgIpc) is 3.00. The highest BCUT2D eigenvalue weighted by Gasteiger charge is 2.24. The first kappa shape index (κ1) is 22.5. The van der Waals surface area contributed by atoms with Crippen molar-refractivity contribution in [2.24, 2.45) is 11.7 Å². The maximum Gasteiger partial charge on any atom is 0.224 e. The Balaban J connectivity index is 0.00000242. The summed E-state index contributed by atoms with van der Waals surface area (Å²) in [5.41, 5.74) is 6.70. The van der Waals surface area contributed by atoms with Gasteiger partial charge in [0.1, 0.15) is 0 Å². The van der Waals surface area contributed by atoms with E-state index in [-0.39, 0.29) is 42.7 Å². The van der Waals surface area contributed by atoms with Gasteiger partial charge in [-0.2, -0.15) is 0 Å². The predicted octanol–water partition coefficient (Wildman–Crippen LogP) is 3.03. The van der Waals surface area contributed by atoms with Gasteiger partial charge in [0.15, 0.2) is 0 Å². The highest BCUT2D eigenvalue weighted by molar-refractivity contribution is 6.30. The lowest BCUT2D eigenvalue weighted by molar-refractivity contribution is -0.124. The molecule has 0 bridgehead atoms. The minimum Gasteiger partial charge on any atom is -0.354 e. The third-order valence-electron chi connectivity index (χ3n) is 4.09. The molecule has 1 aromatic carbocycles. The zero-order valence-electron chi connectivity index (χ0n) is 13.3. The van der Waals surface area contributed by atoms with E-state index in [1.807, 2.05) is 25.1 Å². The van der Waals surface area contributed by atoms with Crippen molar-refractivity contribution >= 4 is 42.3 Å². The highest BCUT2D eigenvalue weighted by Crippen LogP contribution is 2.26. The van der Waals surface area contributed by atoms with Crippen LogP contribution in [0.3, 0.4) is 0 Å². The number of nitrogens with two attached hydrogens (primary N) is 1. The van der Waals surface area contributed by atoms with Crippen LogP contribution in [0.2, 0.25) is 5.02 Å². The zero-order valence-corrected chi connectivity index (χ0v) is 15.7. The fraction of sp³-hybridized carbons (Fsp3) is 0.562. The SMILES string of the molecule is CC(CN)C(=O)NCC(c1cccc(Cl)c1)N1CCCC1.Cl.Cl. The Morgan fingerprint density at radius 1 is 1.35 bits per heavy atom. The van der Waals surface area contributed by atoms with Crippen molar-refractivity contribution in [3.63, 3.8) is 0 Å². The van der Waals surface area contributed by atoms with Gasteiger partial charge in [0.25, 0.3) is 0 Å². The number of likely N-dealkylation sites (tertiary alicyclic amines) is 1. The third-order valence-corrected chi connectivity index (χ3v) is 4.32. The second-order valence-electron chi connectivity index (χ2n) is 5.70. The van der Waals surface area contributed by atoms with Gasteiger partial charge in [-0.25, -0.2) is 0 Å². The molecule has 2 rings (SSSR count). The van der Waals surface area contributed by atoms with E-state index in [1.54, 1.807) is 0 Å². The monoisotopic (exact) mass is 381 g/mol. The summed E-state index contributed by atoms with van der Waals surface area (Å²) in [6.45, 7) is 4.96. The van der Waals surface area contributed by atoms with E-state index in [4.69, 9.17) is 17.3 Å². The summed E-state index contributed by atoms with van der Waals surface area (Å²) < 4.78 is 0. The van der Waals surface area contributed by atoms with E-state index in [2.05, 4.69) is 16.3 Å². The lowest BCUT2D eigenvalue weighted by Crippen LogP contribution is -2.40. The number of hydrogen-bond donors (Lipinski definition) is 2. The van der Waals surface area contributed by atoms with Crippen molar-refractivity contribution in [1.82, 2.24) is 10.2 Å². The molecule has 0 aromatic heterocycles. The van der Waals surface area contributed by atoms with Crippen LogP contribution < -0.4 is 11.1 Å². The molecule has 3 N–H and O–H groups in total. The maximum absolute atomic E-state index is 12.0. The number of amides is 1. The van der Waals surface area contributed by atoms with Crippen LogP contribution in [0.4, 0.5) is 0 Å². The summed E-state index contributed by atoms with van der Waals surface area (Å²) in [7, 11) is 0. The van der Waals surface area contributed by atoms with Gasteiger partial charge >= 0.3 is 0 Å². The van der Waals surface area contributed by atoms with Gasteiger partial charge in [0, 0.05) is 24.0 Å². The van der Waals surface area contributed by atoms with Gasteiger partial charge in [0.05, 0.1) is 6.04 Å². The smallest absolute Gasteiger partial charge is 0.224 e. The van der Waals surface area contributed by atoms with Crippen molar-refractivity contribution in [3.05, 3.63) is 34.9 Å². The number of nitrogens with one attached hydrogen (secondary N) is 1. The predicted molar refractivity (Wildman–Crippen MR) is 101 cm³/mol. The summed E-state index contributed by atoms with van der Waals surface area (Å²) in [4.78, 5) is 14.4. The standard InChI is InChI=1S/C16H24ClN3O.2ClH/c1-12(10-18)16(21)19-11-15(20-7-2-3-8-20)13-5-4-6-14(17)9-13;;/h4-6,9,12,15H,2-3,7-8,10-11,18H2,1H3,(H,19,21);2*1H. The number of carbonyl (C=O) groups is 1. The molecule has 0 radical (unpaired) electrons. The Bertz CT molecular complexity index is 481. The maximum atomic E-state index is 12.0. The van der Waals surface area contributed by atoms with E-state index in [1.165, 1.54) is 12.8 Å². The zero-order chi connectivity index (χ0) is 15.2. The van der Waals surface area contributed by atoms with Gasteiger partial charge < -0.3 is 11.1 Å². The number of benzene rings is 1. The summed E-state index contributed by atoms with van der Waals surface area (Å²) in [6.07, 6.45) is 2.43. The third kappa shape index (κ3) is 6.48. The minimum absolute atomic E-state index is 0. The largest absolute Gasteiger partial charge is 0.354 e. The molecular formula is C16H26Cl3N3O. The number of rotatable bonds is 6. The number of halogens is 3. The molecule has 0 aliphatic carbocycles. The highest BCUT2D eigenvalue weighted by atomic mass is 35.5. The Morgan fingerprint density at radius 2 is 2.00 bits per heavy atom. The average molecular weight is 383 g/mol. The van der Waals surface area contributed by atoms with Crippen molar-refractivity contribution in [3.8, 4) is 0 Å². The first-order valence-electron chi connectivity index (χ1n) is 7.59. The van der Waals surface area contributed by atoms with Crippen LogP contribution in [0.1, 0.15) is 31.4 Å². The minimum atomic E-state index is -0.149. The fourth-order valence-corrected chi connectivity index (χ4v) is 2.90. The molecule has 2 atom stereocenters. The second kappa shape index (κ2) is 11.1. The Kier molecular flexibility index (Phi) is 10.9. The Hall–Kier alpha value is -0.520. The van der Waals surface area contributed by atoms with Gasteiger partial charge in [-0.05, 0) is 43.6 Å². The first-order chi connectivity index (χ1) is 10.1. The van der Waals surface area contributed by atoms with Crippen molar-refractivity contribution in [2.45, 2.75) is 25.8 Å². The molecule has 1 heterocycles. The summed E-state index contributed by atoms with van der Waals surface area (Å²) in [6, 6.07) is 8.09. The normalized spacial score (nSPS) is 16.8. The molecule has 2 unspecified atom stereocenters. The van der Waals surface area contributed by atoms with Crippen LogP contribution >= 0.6 is 36.4 Å². The van der Waals surface area contributed by atoms with Crippen molar-refractivity contribution < 1.29 is 4.79 Å². The fourth-order valence-electron chi connectivity index (χ4n) is 2.70. The molecule has 0 spiro atoms. The molecule has 23 heavy (non-hydrogen) atoms. The summed E-state index contributed by atoms with van der Waals surface area (Å²) >= 11 is 6.11. The van der Waals surface area contributed by atoms with E-state index in [0.717, 1.165) is 23.7 Å². The van der Waals surface area contributed by atoms with Crippen LogP contribution in [0.5, 0.6) is 0 Å². The molecule has 1 aliphatic rings. The summed E-state index contributed by atoms with van der Waals surface area (Å²) in [5, 5.41) is 3.76. The Labute approximate surface area is 155 Å². The molecular weight excluding hydrogens is 357 g/mol. The molecule has 1 amide bonds. The molecule has 4 nitrogen and oxygen atoms in total. The lowest BCUT2D eigenvalue weighted by atomic mass is 10.0. The Morgan fingerprint density at radius 3 is 2.57 bits per heavy atom. The van der Waals surface area contributed by atoms with Crippen LogP contribution in [0, 0.1) is 5.92 Å². The number of hydrogen-bond acceptors (Lipinski definition) is 3. The van der Waals surface area contributed by atoms with Crippen molar-refractivity contribution in [1.29, 1.82) is 0 Å². The summed E-state index contributed by atoms with van der Waals surface area (Å²) in [5.74, 6) is -0.132. The van der Waals surface area contributed by atoms with Crippen molar-refractivity contribution in [2.75, 3.05) is 26.2 Å².